The summed E-state index contributed by atoms with van der Waals surface area (Å²) in [5.74, 6) is 1.79. The molecule has 0 aromatic rings. The standard InChI is InChI=1S/C14H28N2.ClH/c1-12(15)14-7-4-9-16(11-14)10-8-13-5-2-3-6-13;/h12-14H,2-11,15H2,1H3;1H. The van der Waals surface area contributed by atoms with Crippen LogP contribution in [0.5, 0.6) is 0 Å². The molecule has 2 aliphatic rings. The van der Waals surface area contributed by atoms with Crippen LogP contribution in [0.3, 0.4) is 0 Å². The van der Waals surface area contributed by atoms with Gasteiger partial charge in [-0.2, -0.15) is 0 Å². The Morgan fingerprint density at radius 3 is 2.53 bits per heavy atom. The highest BCUT2D eigenvalue weighted by atomic mass is 35.5. The number of rotatable bonds is 4. The first-order chi connectivity index (χ1) is 7.75. The van der Waals surface area contributed by atoms with Crippen molar-refractivity contribution >= 4 is 12.4 Å². The Labute approximate surface area is 113 Å². The highest BCUT2D eigenvalue weighted by Crippen LogP contribution is 2.28. The van der Waals surface area contributed by atoms with E-state index in [2.05, 4.69) is 11.8 Å². The molecule has 102 valence electrons. The van der Waals surface area contributed by atoms with Crippen LogP contribution in [0.4, 0.5) is 0 Å². The number of nitrogens with two attached hydrogens (primary N) is 1. The number of likely N-dealkylation sites (tertiary alicyclic amines) is 1. The van der Waals surface area contributed by atoms with Gasteiger partial charge in [-0.05, 0) is 51.1 Å². The summed E-state index contributed by atoms with van der Waals surface area (Å²) >= 11 is 0. The second-order valence-electron chi connectivity index (χ2n) is 6.00. The summed E-state index contributed by atoms with van der Waals surface area (Å²) in [4.78, 5) is 2.66. The Hall–Kier alpha value is 0.210. The molecule has 0 bridgehead atoms. The molecular weight excluding hydrogens is 232 g/mol. The van der Waals surface area contributed by atoms with Crippen molar-refractivity contribution in [3.63, 3.8) is 0 Å². The first-order valence-electron chi connectivity index (χ1n) is 7.23. The highest BCUT2D eigenvalue weighted by Gasteiger charge is 2.23. The predicted molar refractivity (Wildman–Crippen MR) is 76.6 cm³/mol. The minimum atomic E-state index is 0. The third kappa shape index (κ3) is 4.76. The summed E-state index contributed by atoms with van der Waals surface area (Å²) in [5.41, 5.74) is 6.02. The van der Waals surface area contributed by atoms with Crippen LogP contribution in [0, 0.1) is 11.8 Å². The topological polar surface area (TPSA) is 29.3 Å². The summed E-state index contributed by atoms with van der Waals surface area (Å²) < 4.78 is 0. The molecule has 1 heterocycles. The van der Waals surface area contributed by atoms with E-state index in [9.17, 15) is 0 Å². The minimum absolute atomic E-state index is 0. The lowest BCUT2D eigenvalue weighted by Crippen LogP contribution is -2.42. The van der Waals surface area contributed by atoms with Crippen molar-refractivity contribution in [3.05, 3.63) is 0 Å². The molecule has 3 heteroatoms. The van der Waals surface area contributed by atoms with Crippen LogP contribution >= 0.6 is 12.4 Å². The van der Waals surface area contributed by atoms with Crippen LogP contribution in [0.15, 0.2) is 0 Å². The SMILES string of the molecule is CC(N)C1CCCN(CCC2CCCC2)C1.Cl. The number of piperidine rings is 1. The molecule has 2 unspecified atom stereocenters. The van der Waals surface area contributed by atoms with Gasteiger partial charge in [-0.15, -0.1) is 12.4 Å². The van der Waals surface area contributed by atoms with Gasteiger partial charge in [-0.1, -0.05) is 25.7 Å². The number of hydrogen-bond donors (Lipinski definition) is 1. The summed E-state index contributed by atoms with van der Waals surface area (Å²) in [7, 11) is 0. The summed E-state index contributed by atoms with van der Waals surface area (Å²) in [6.45, 7) is 6.07. The molecule has 2 nitrogen and oxygen atoms in total. The third-order valence-corrected chi connectivity index (χ3v) is 4.61. The van der Waals surface area contributed by atoms with Gasteiger partial charge in [0.15, 0.2) is 0 Å². The number of halogens is 1. The van der Waals surface area contributed by atoms with Crippen LogP contribution in [0.25, 0.3) is 0 Å². The fraction of sp³-hybridized carbons (Fsp3) is 1.00. The van der Waals surface area contributed by atoms with E-state index in [1.54, 1.807) is 0 Å². The lowest BCUT2D eigenvalue weighted by Gasteiger charge is -2.35. The molecule has 0 radical (unpaired) electrons. The fourth-order valence-corrected chi connectivity index (χ4v) is 3.39. The molecule has 0 amide bonds. The zero-order valence-electron chi connectivity index (χ0n) is 11.2. The normalized spacial score (nSPS) is 28.9. The van der Waals surface area contributed by atoms with Crippen molar-refractivity contribution in [1.82, 2.24) is 4.90 Å². The summed E-state index contributed by atoms with van der Waals surface area (Å²) in [6.07, 6.45) is 10.1. The van der Waals surface area contributed by atoms with Gasteiger partial charge in [0, 0.05) is 12.6 Å². The Morgan fingerprint density at radius 1 is 1.18 bits per heavy atom. The molecule has 0 aromatic heterocycles. The van der Waals surface area contributed by atoms with Crippen molar-refractivity contribution in [1.29, 1.82) is 0 Å². The second kappa shape index (κ2) is 7.60. The molecule has 0 spiro atoms. The first-order valence-corrected chi connectivity index (χ1v) is 7.23. The van der Waals surface area contributed by atoms with Gasteiger partial charge in [0.1, 0.15) is 0 Å². The first kappa shape index (κ1) is 15.3. The zero-order chi connectivity index (χ0) is 11.4. The van der Waals surface area contributed by atoms with E-state index in [1.165, 1.54) is 64.6 Å². The largest absolute Gasteiger partial charge is 0.328 e. The van der Waals surface area contributed by atoms with Crippen molar-refractivity contribution in [3.8, 4) is 0 Å². The van der Waals surface area contributed by atoms with Crippen LogP contribution in [0.1, 0.15) is 51.9 Å². The van der Waals surface area contributed by atoms with Crippen LogP contribution in [-0.4, -0.2) is 30.6 Å². The van der Waals surface area contributed by atoms with E-state index >= 15 is 0 Å². The maximum atomic E-state index is 6.02. The molecule has 0 aromatic carbocycles. The van der Waals surface area contributed by atoms with E-state index in [-0.39, 0.29) is 12.4 Å². The molecule has 2 N–H and O–H groups in total. The molecule has 2 atom stereocenters. The van der Waals surface area contributed by atoms with Gasteiger partial charge in [-0.3, -0.25) is 0 Å². The molecule has 1 saturated heterocycles. The van der Waals surface area contributed by atoms with Gasteiger partial charge in [0.2, 0.25) is 0 Å². The Kier molecular flexibility index (Phi) is 6.83. The third-order valence-electron chi connectivity index (χ3n) is 4.61. The average molecular weight is 261 g/mol. The Morgan fingerprint density at radius 2 is 1.88 bits per heavy atom. The molecule has 17 heavy (non-hydrogen) atoms. The number of nitrogens with zero attached hydrogens (tertiary/aromatic N) is 1. The number of hydrogen-bond acceptors (Lipinski definition) is 2. The maximum Gasteiger partial charge on any atom is 0.00509 e. The molecule has 1 aliphatic carbocycles. The summed E-state index contributed by atoms with van der Waals surface area (Å²) in [5, 5.41) is 0. The molecule has 1 aliphatic heterocycles. The highest BCUT2D eigenvalue weighted by molar-refractivity contribution is 5.85. The second-order valence-corrected chi connectivity index (χ2v) is 6.00. The lowest BCUT2D eigenvalue weighted by atomic mass is 9.91. The maximum absolute atomic E-state index is 6.02. The van der Waals surface area contributed by atoms with Gasteiger partial charge in [0.05, 0.1) is 0 Å². The molecular formula is C14H29ClN2. The average Bonchev–Trinajstić information content (AvgIpc) is 2.79. The van der Waals surface area contributed by atoms with Crippen LogP contribution in [-0.2, 0) is 0 Å². The van der Waals surface area contributed by atoms with Crippen molar-refractivity contribution < 1.29 is 0 Å². The van der Waals surface area contributed by atoms with Gasteiger partial charge in [-0.25, -0.2) is 0 Å². The van der Waals surface area contributed by atoms with Crippen molar-refractivity contribution in [2.45, 2.75) is 57.9 Å². The van der Waals surface area contributed by atoms with Gasteiger partial charge >= 0.3 is 0 Å². The van der Waals surface area contributed by atoms with E-state index in [4.69, 9.17) is 5.73 Å². The van der Waals surface area contributed by atoms with Crippen LogP contribution < -0.4 is 5.73 Å². The molecule has 2 rings (SSSR count). The Balaban J connectivity index is 0.00000144. The van der Waals surface area contributed by atoms with Crippen LogP contribution in [0.2, 0.25) is 0 Å². The lowest BCUT2D eigenvalue weighted by molar-refractivity contribution is 0.152. The van der Waals surface area contributed by atoms with Gasteiger partial charge < -0.3 is 10.6 Å². The molecule has 1 saturated carbocycles. The fourth-order valence-electron chi connectivity index (χ4n) is 3.39. The Bertz CT molecular complexity index is 202. The van der Waals surface area contributed by atoms with E-state index in [1.807, 2.05) is 0 Å². The van der Waals surface area contributed by atoms with E-state index in [0.29, 0.717) is 6.04 Å². The zero-order valence-corrected chi connectivity index (χ0v) is 12.1. The monoisotopic (exact) mass is 260 g/mol. The van der Waals surface area contributed by atoms with Gasteiger partial charge in [0.25, 0.3) is 0 Å². The summed E-state index contributed by atoms with van der Waals surface area (Å²) in [6, 6.07) is 0.384. The van der Waals surface area contributed by atoms with Crippen molar-refractivity contribution in [2.24, 2.45) is 17.6 Å². The minimum Gasteiger partial charge on any atom is -0.328 e. The molecule has 2 fully saturated rings. The quantitative estimate of drug-likeness (QED) is 0.842. The van der Waals surface area contributed by atoms with Crippen molar-refractivity contribution in [2.75, 3.05) is 19.6 Å². The predicted octanol–water partition coefficient (Wildman–Crippen LogP) is 3.05. The van der Waals surface area contributed by atoms with E-state index in [0.717, 1.165) is 11.8 Å². The smallest absolute Gasteiger partial charge is 0.00509 e. The van der Waals surface area contributed by atoms with E-state index < -0.39 is 0 Å².